The van der Waals surface area contributed by atoms with Crippen LogP contribution < -0.4 is 21.1 Å². The number of amidine groups is 1. The Hall–Kier alpha value is -4.02. The number of anilines is 1. The fourth-order valence-electron chi connectivity index (χ4n) is 3.39. The summed E-state index contributed by atoms with van der Waals surface area (Å²) >= 11 is 0. The Bertz CT molecular complexity index is 1250. The second-order valence-electron chi connectivity index (χ2n) is 7.78. The van der Waals surface area contributed by atoms with Crippen LogP contribution in [0.3, 0.4) is 0 Å². The molecule has 3 aromatic carbocycles. The molecule has 3 rings (SSSR count). The molecule has 0 spiro atoms. The van der Waals surface area contributed by atoms with Crippen LogP contribution in [0.4, 0.5) is 14.5 Å². The zero-order valence-electron chi connectivity index (χ0n) is 20.1. The van der Waals surface area contributed by atoms with Crippen LogP contribution in [0.25, 0.3) is 0 Å². The van der Waals surface area contributed by atoms with Crippen LogP contribution in [0.15, 0.2) is 60.7 Å². The summed E-state index contributed by atoms with van der Waals surface area (Å²) in [4.78, 5) is 24.0. The van der Waals surface area contributed by atoms with Crippen molar-refractivity contribution in [3.63, 3.8) is 0 Å². The number of hydrogen-bond acceptors (Lipinski definition) is 5. The molecule has 2 amide bonds. The van der Waals surface area contributed by atoms with Gasteiger partial charge in [-0.1, -0.05) is 30.3 Å². The molecule has 0 heterocycles. The summed E-state index contributed by atoms with van der Waals surface area (Å²) in [5.74, 6) is -2.98. The summed E-state index contributed by atoms with van der Waals surface area (Å²) < 4.78 is 41.0. The summed E-state index contributed by atoms with van der Waals surface area (Å²) in [5.41, 5.74) is 6.59. The number of nitrogens with one attached hydrogen (secondary N) is 3. The topological polar surface area (TPSA) is 127 Å². The molecule has 0 saturated heterocycles. The average Bonchev–Trinajstić information content (AvgIpc) is 2.81. The van der Waals surface area contributed by atoms with Gasteiger partial charge in [0.05, 0.1) is 5.56 Å². The molecule has 0 aliphatic heterocycles. The van der Waals surface area contributed by atoms with Gasteiger partial charge in [0.1, 0.15) is 29.0 Å². The third-order valence-corrected chi connectivity index (χ3v) is 5.01. The number of ether oxygens (including phenoxy) is 2. The second kappa shape index (κ2) is 13.3. The summed E-state index contributed by atoms with van der Waals surface area (Å²) in [6.45, 7) is 3.08. The Labute approximate surface area is 219 Å². The lowest BCUT2D eigenvalue weighted by atomic mass is 10.1. The van der Waals surface area contributed by atoms with Crippen molar-refractivity contribution in [3.05, 3.63) is 89.0 Å². The predicted octanol–water partition coefficient (Wildman–Crippen LogP) is 4.82. The highest BCUT2D eigenvalue weighted by molar-refractivity contribution is 5.94. The van der Waals surface area contributed by atoms with Crippen LogP contribution in [-0.2, 0) is 20.9 Å². The minimum atomic E-state index is -1.52. The molecule has 11 heteroatoms. The molecule has 0 aromatic heterocycles. The van der Waals surface area contributed by atoms with Gasteiger partial charge >= 0.3 is 0 Å². The van der Waals surface area contributed by atoms with E-state index in [1.807, 2.05) is 0 Å². The van der Waals surface area contributed by atoms with Gasteiger partial charge in [0.15, 0.2) is 6.10 Å². The first kappa shape index (κ1) is 29.2. The van der Waals surface area contributed by atoms with E-state index < -0.39 is 29.2 Å². The van der Waals surface area contributed by atoms with Crippen LogP contribution in [0, 0.1) is 17.0 Å². The Balaban J connectivity index is 0.00000481. The van der Waals surface area contributed by atoms with Crippen molar-refractivity contribution < 1.29 is 27.8 Å². The maximum atomic E-state index is 15.0. The Morgan fingerprint density at radius 1 is 1.03 bits per heavy atom. The van der Waals surface area contributed by atoms with Gasteiger partial charge in [0.25, 0.3) is 5.91 Å². The molecule has 3 aromatic rings. The molecular weight excluding hydrogens is 506 g/mol. The SMILES string of the molecule is CCO[C@H](C(=O)NCc1ccc(C(=N)N)cc1)c1c(F)cc(Oc2cccc(NC(C)=O)c2)cc1F.Cl. The van der Waals surface area contributed by atoms with Crippen LogP contribution in [0.1, 0.15) is 36.6 Å². The molecule has 0 fully saturated rings. The summed E-state index contributed by atoms with van der Waals surface area (Å²) in [6.07, 6.45) is -1.52. The molecule has 37 heavy (non-hydrogen) atoms. The third-order valence-electron chi connectivity index (χ3n) is 5.01. The average molecular weight is 533 g/mol. The van der Waals surface area contributed by atoms with Crippen molar-refractivity contribution in [2.24, 2.45) is 5.73 Å². The molecule has 1 atom stereocenters. The summed E-state index contributed by atoms with van der Waals surface area (Å²) in [6, 6.07) is 14.9. The molecule has 0 aliphatic rings. The minimum absolute atomic E-state index is 0. The Morgan fingerprint density at radius 3 is 2.24 bits per heavy atom. The number of rotatable bonds is 10. The van der Waals surface area contributed by atoms with E-state index >= 15 is 8.78 Å². The lowest BCUT2D eigenvalue weighted by Crippen LogP contribution is -2.31. The standard InChI is InChI=1S/C26H26F2N4O4.ClH/c1-3-35-24(26(34)31-14-16-7-9-17(10-8-16)25(29)30)23-21(27)12-20(13-22(23)28)36-19-6-4-5-18(11-19)32-15(2)33;/h4-13,24H,3,14H2,1-2H3,(H3,29,30)(H,31,34)(H,32,33);1H/t24-;/m0./s1. The van der Waals surface area contributed by atoms with Crippen LogP contribution in [0.2, 0.25) is 0 Å². The Morgan fingerprint density at radius 2 is 1.68 bits per heavy atom. The van der Waals surface area contributed by atoms with Gasteiger partial charge in [-0.2, -0.15) is 0 Å². The number of nitrogen functional groups attached to an aromatic ring is 1. The van der Waals surface area contributed by atoms with Crippen molar-refractivity contribution in [2.75, 3.05) is 11.9 Å². The van der Waals surface area contributed by atoms with Gasteiger partial charge in [0, 0.05) is 49.5 Å². The molecule has 0 aliphatic carbocycles. The fraction of sp³-hybridized carbons (Fsp3) is 0.192. The molecule has 196 valence electrons. The van der Waals surface area contributed by atoms with E-state index in [9.17, 15) is 9.59 Å². The van der Waals surface area contributed by atoms with E-state index in [0.717, 1.165) is 12.1 Å². The summed E-state index contributed by atoms with van der Waals surface area (Å²) in [5, 5.41) is 12.6. The van der Waals surface area contributed by atoms with Gasteiger partial charge in [-0.25, -0.2) is 8.78 Å². The largest absolute Gasteiger partial charge is 0.457 e. The number of carbonyl (C=O) groups is 2. The lowest BCUT2D eigenvalue weighted by molar-refractivity contribution is -0.133. The molecule has 0 bridgehead atoms. The first-order chi connectivity index (χ1) is 17.2. The molecular formula is C26H27ClF2N4O4. The van der Waals surface area contributed by atoms with Crippen molar-refractivity contribution in [2.45, 2.75) is 26.5 Å². The Kier molecular flexibility index (Phi) is 10.5. The van der Waals surface area contributed by atoms with E-state index in [-0.39, 0.29) is 48.8 Å². The van der Waals surface area contributed by atoms with Gasteiger partial charge in [-0.05, 0) is 24.6 Å². The van der Waals surface area contributed by atoms with Gasteiger partial charge < -0.3 is 25.8 Å². The van der Waals surface area contributed by atoms with Gasteiger partial charge in [-0.15, -0.1) is 12.4 Å². The fourth-order valence-corrected chi connectivity index (χ4v) is 3.39. The number of halogens is 3. The first-order valence-electron chi connectivity index (χ1n) is 11.0. The summed E-state index contributed by atoms with van der Waals surface area (Å²) in [7, 11) is 0. The monoisotopic (exact) mass is 532 g/mol. The molecule has 0 saturated carbocycles. The van der Waals surface area contributed by atoms with Crippen molar-refractivity contribution in [3.8, 4) is 11.5 Å². The number of hydrogen-bond donors (Lipinski definition) is 4. The predicted molar refractivity (Wildman–Crippen MR) is 138 cm³/mol. The van der Waals surface area contributed by atoms with E-state index in [1.165, 1.54) is 13.0 Å². The molecule has 0 radical (unpaired) electrons. The lowest BCUT2D eigenvalue weighted by Gasteiger charge is -2.19. The van der Waals surface area contributed by atoms with Gasteiger partial charge in [-0.3, -0.25) is 15.0 Å². The number of nitrogens with two attached hydrogens (primary N) is 1. The molecule has 5 N–H and O–H groups in total. The first-order valence-corrected chi connectivity index (χ1v) is 11.0. The third kappa shape index (κ3) is 7.99. The number of amides is 2. The molecule has 0 unspecified atom stereocenters. The normalized spacial score (nSPS) is 11.1. The highest BCUT2D eigenvalue weighted by Gasteiger charge is 2.28. The van der Waals surface area contributed by atoms with E-state index in [1.54, 1.807) is 49.4 Å². The van der Waals surface area contributed by atoms with Crippen LogP contribution >= 0.6 is 12.4 Å². The molecule has 8 nitrogen and oxygen atoms in total. The van der Waals surface area contributed by atoms with E-state index in [0.29, 0.717) is 16.8 Å². The van der Waals surface area contributed by atoms with E-state index in [2.05, 4.69) is 10.6 Å². The van der Waals surface area contributed by atoms with Crippen molar-refractivity contribution >= 4 is 35.7 Å². The highest BCUT2D eigenvalue weighted by atomic mass is 35.5. The second-order valence-corrected chi connectivity index (χ2v) is 7.78. The highest BCUT2D eigenvalue weighted by Crippen LogP contribution is 2.31. The van der Waals surface area contributed by atoms with Crippen LogP contribution in [0.5, 0.6) is 11.5 Å². The zero-order chi connectivity index (χ0) is 26.2. The number of benzene rings is 3. The van der Waals surface area contributed by atoms with Crippen LogP contribution in [-0.4, -0.2) is 24.3 Å². The minimum Gasteiger partial charge on any atom is -0.457 e. The quantitative estimate of drug-likeness (QED) is 0.220. The maximum absolute atomic E-state index is 15.0. The van der Waals surface area contributed by atoms with E-state index in [4.69, 9.17) is 20.6 Å². The number of carbonyl (C=O) groups excluding carboxylic acids is 2. The van der Waals surface area contributed by atoms with Gasteiger partial charge in [0.2, 0.25) is 5.91 Å². The smallest absolute Gasteiger partial charge is 0.254 e. The maximum Gasteiger partial charge on any atom is 0.254 e. The van der Waals surface area contributed by atoms with Crippen molar-refractivity contribution in [1.29, 1.82) is 5.41 Å². The zero-order valence-corrected chi connectivity index (χ0v) is 21.0. The van der Waals surface area contributed by atoms with Crippen molar-refractivity contribution in [1.82, 2.24) is 5.32 Å².